The zero-order valence-electron chi connectivity index (χ0n) is 17.9. The van der Waals surface area contributed by atoms with Crippen LogP contribution in [0.5, 0.6) is 5.75 Å². The van der Waals surface area contributed by atoms with Crippen LogP contribution in [-0.4, -0.2) is 47.4 Å². The third kappa shape index (κ3) is 5.16. The van der Waals surface area contributed by atoms with Gasteiger partial charge in [-0.05, 0) is 61.5 Å². The van der Waals surface area contributed by atoms with Gasteiger partial charge < -0.3 is 14.5 Å². The van der Waals surface area contributed by atoms with Crippen molar-refractivity contribution in [3.63, 3.8) is 0 Å². The summed E-state index contributed by atoms with van der Waals surface area (Å²) in [6.45, 7) is 8.70. The molecule has 2 amide bonds. The molecular weight excluding hydrogens is 420 g/mol. The van der Waals surface area contributed by atoms with Crippen LogP contribution in [0.25, 0.3) is 0 Å². The van der Waals surface area contributed by atoms with Gasteiger partial charge in [0.1, 0.15) is 18.9 Å². The van der Waals surface area contributed by atoms with Gasteiger partial charge in [0, 0.05) is 28.4 Å². The van der Waals surface area contributed by atoms with E-state index >= 15 is 0 Å². The van der Waals surface area contributed by atoms with Crippen molar-refractivity contribution in [2.45, 2.75) is 46.2 Å². The average molecular weight is 449 g/mol. The summed E-state index contributed by atoms with van der Waals surface area (Å²) in [5.41, 5.74) is 1.14. The van der Waals surface area contributed by atoms with E-state index in [9.17, 15) is 9.59 Å². The highest BCUT2D eigenvalue weighted by atomic mass is 35.5. The summed E-state index contributed by atoms with van der Waals surface area (Å²) in [5.74, 6) is 0.529. The summed E-state index contributed by atoms with van der Waals surface area (Å²) in [5, 5.41) is 2.72. The highest BCUT2D eigenvalue weighted by molar-refractivity contribution is 7.10. The molecule has 1 aromatic carbocycles. The lowest BCUT2D eigenvalue weighted by Gasteiger charge is -2.38. The molecule has 0 saturated heterocycles. The number of hydrogen-bond acceptors (Lipinski definition) is 4. The number of rotatable bonds is 7. The van der Waals surface area contributed by atoms with E-state index in [0.29, 0.717) is 23.9 Å². The van der Waals surface area contributed by atoms with Crippen LogP contribution < -0.4 is 4.74 Å². The average Bonchev–Trinajstić information content (AvgIpc) is 3.19. The first-order chi connectivity index (χ1) is 14.3. The first-order valence-electron chi connectivity index (χ1n) is 10.3. The van der Waals surface area contributed by atoms with Crippen molar-refractivity contribution in [2.24, 2.45) is 5.92 Å². The van der Waals surface area contributed by atoms with Crippen molar-refractivity contribution in [1.29, 1.82) is 0 Å². The maximum absolute atomic E-state index is 13.3. The lowest BCUT2D eigenvalue weighted by Crippen LogP contribution is -2.50. The van der Waals surface area contributed by atoms with E-state index in [1.54, 1.807) is 28.4 Å². The van der Waals surface area contributed by atoms with Crippen molar-refractivity contribution in [3.8, 4) is 5.75 Å². The molecule has 30 heavy (non-hydrogen) atoms. The summed E-state index contributed by atoms with van der Waals surface area (Å²) in [6.07, 6.45) is 0.829. The fourth-order valence-corrected chi connectivity index (χ4v) is 4.72. The number of carbonyl (C=O) groups excluding carboxylic acids is 2. The standard InChI is InChI=1S/C23H29ClN2O3S/c1-15(2)23(28)26(16(3)4)13-22(27)25-11-9-21-19(10-12-30-21)20(25)14-29-18-7-5-17(24)6-8-18/h5-8,10,12,15-16,20H,9,11,13-14H2,1-4H3. The Kier molecular flexibility index (Phi) is 7.42. The van der Waals surface area contributed by atoms with E-state index in [-0.39, 0.29) is 36.4 Å². The molecule has 0 aliphatic carbocycles. The monoisotopic (exact) mass is 448 g/mol. The Morgan fingerprint density at radius 2 is 1.90 bits per heavy atom. The summed E-state index contributed by atoms with van der Waals surface area (Å²) >= 11 is 7.68. The molecule has 0 radical (unpaired) electrons. The van der Waals surface area contributed by atoms with Crippen LogP contribution in [0.4, 0.5) is 0 Å². The molecule has 1 aliphatic heterocycles. The normalized spacial score (nSPS) is 16.0. The number of benzene rings is 1. The third-order valence-electron chi connectivity index (χ3n) is 5.34. The highest BCUT2D eigenvalue weighted by Crippen LogP contribution is 2.34. The van der Waals surface area contributed by atoms with Crippen LogP contribution in [0, 0.1) is 5.92 Å². The van der Waals surface area contributed by atoms with E-state index in [2.05, 4.69) is 11.4 Å². The lowest BCUT2D eigenvalue weighted by molar-refractivity contribution is -0.145. The Hall–Kier alpha value is -2.05. The number of nitrogens with zero attached hydrogens (tertiary/aromatic N) is 2. The first-order valence-corrected chi connectivity index (χ1v) is 11.6. The Balaban J connectivity index is 1.78. The predicted molar refractivity (Wildman–Crippen MR) is 121 cm³/mol. The van der Waals surface area contributed by atoms with Gasteiger partial charge >= 0.3 is 0 Å². The molecule has 1 unspecified atom stereocenters. The fraction of sp³-hybridized carbons (Fsp3) is 0.478. The van der Waals surface area contributed by atoms with Crippen LogP contribution in [-0.2, 0) is 16.0 Å². The van der Waals surface area contributed by atoms with Crippen molar-refractivity contribution in [1.82, 2.24) is 9.80 Å². The van der Waals surface area contributed by atoms with Gasteiger partial charge in [0.2, 0.25) is 11.8 Å². The van der Waals surface area contributed by atoms with Gasteiger partial charge in [-0.3, -0.25) is 9.59 Å². The molecule has 3 rings (SSSR count). The highest BCUT2D eigenvalue weighted by Gasteiger charge is 2.34. The largest absolute Gasteiger partial charge is 0.491 e. The van der Waals surface area contributed by atoms with E-state index in [4.69, 9.17) is 16.3 Å². The molecule has 0 saturated carbocycles. The topological polar surface area (TPSA) is 49.9 Å². The SMILES string of the molecule is CC(C)C(=O)N(CC(=O)N1CCc2sccc2C1COc1ccc(Cl)cc1)C(C)C. The number of thiophene rings is 1. The predicted octanol–water partition coefficient (Wildman–Crippen LogP) is 4.80. The number of hydrogen-bond donors (Lipinski definition) is 0. The Morgan fingerprint density at radius 1 is 1.20 bits per heavy atom. The van der Waals surface area contributed by atoms with Crippen molar-refractivity contribution < 1.29 is 14.3 Å². The number of halogens is 1. The van der Waals surface area contributed by atoms with Gasteiger partial charge in [-0.2, -0.15) is 0 Å². The Labute approximate surface area is 187 Å². The minimum atomic E-state index is -0.175. The number of amides is 2. The van der Waals surface area contributed by atoms with Crippen LogP contribution in [0.3, 0.4) is 0 Å². The van der Waals surface area contributed by atoms with E-state index in [1.807, 2.05) is 44.7 Å². The van der Waals surface area contributed by atoms with Gasteiger partial charge in [-0.15, -0.1) is 11.3 Å². The van der Waals surface area contributed by atoms with Gasteiger partial charge in [-0.25, -0.2) is 0 Å². The number of fused-ring (bicyclic) bond motifs is 1. The molecule has 0 spiro atoms. The summed E-state index contributed by atoms with van der Waals surface area (Å²) < 4.78 is 6.02. The Bertz CT molecular complexity index is 879. The van der Waals surface area contributed by atoms with Crippen LogP contribution in [0.15, 0.2) is 35.7 Å². The van der Waals surface area contributed by atoms with Crippen molar-refractivity contribution in [2.75, 3.05) is 19.7 Å². The third-order valence-corrected chi connectivity index (χ3v) is 6.59. The molecule has 162 valence electrons. The second-order valence-electron chi connectivity index (χ2n) is 8.13. The molecular formula is C23H29ClN2O3S. The number of carbonyl (C=O) groups is 2. The maximum Gasteiger partial charge on any atom is 0.242 e. The fourth-order valence-electron chi connectivity index (χ4n) is 3.66. The maximum atomic E-state index is 13.3. The minimum absolute atomic E-state index is 0.000506. The second kappa shape index (κ2) is 9.84. The molecule has 2 heterocycles. The van der Waals surface area contributed by atoms with Crippen LogP contribution >= 0.6 is 22.9 Å². The lowest BCUT2D eigenvalue weighted by atomic mass is 10.00. The molecule has 2 aromatic rings. The van der Waals surface area contributed by atoms with Gasteiger partial charge in [0.25, 0.3) is 0 Å². The Morgan fingerprint density at radius 3 is 2.53 bits per heavy atom. The van der Waals surface area contributed by atoms with Gasteiger partial charge in [0.15, 0.2) is 0 Å². The van der Waals surface area contributed by atoms with Crippen LogP contribution in [0.1, 0.15) is 44.2 Å². The molecule has 1 aromatic heterocycles. The van der Waals surface area contributed by atoms with Crippen molar-refractivity contribution >= 4 is 34.8 Å². The number of ether oxygens (including phenoxy) is 1. The molecule has 0 N–H and O–H groups in total. The summed E-state index contributed by atoms with van der Waals surface area (Å²) in [6, 6.07) is 9.10. The molecule has 5 nitrogen and oxygen atoms in total. The molecule has 7 heteroatoms. The van der Waals surface area contributed by atoms with Gasteiger partial charge in [0.05, 0.1) is 6.04 Å². The second-order valence-corrected chi connectivity index (χ2v) is 9.57. The molecule has 1 aliphatic rings. The first kappa shape index (κ1) is 22.6. The molecule has 1 atom stereocenters. The van der Waals surface area contributed by atoms with E-state index in [0.717, 1.165) is 12.0 Å². The summed E-state index contributed by atoms with van der Waals surface area (Å²) in [4.78, 5) is 30.7. The van der Waals surface area contributed by atoms with E-state index in [1.165, 1.54) is 4.88 Å². The van der Waals surface area contributed by atoms with E-state index < -0.39 is 0 Å². The van der Waals surface area contributed by atoms with Gasteiger partial charge in [-0.1, -0.05) is 25.4 Å². The zero-order chi connectivity index (χ0) is 21.8. The van der Waals surface area contributed by atoms with Crippen molar-refractivity contribution in [3.05, 3.63) is 51.2 Å². The van der Waals surface area contributed by atoms with Crippen LogP contribution in [0.2, 0.25) is 5.02 Å². The summed E-state index contributed by atoms with van der Waals surface area (Å²) in [7, 11) is 0. The smallest absolute Gasteiger partial charge is 0.242 e. The molecule has 0 bridgehead atoms. The molecule has 0 fully saturated rings. The zero-order valence-corrected chi connectivity index (χ0v) is 19.5. The minimum Gasteiger partial charge on any atom is -0.491 e. The quantitative estimate of drug-likeness (QED) is 0.611.